The van der Waals surface area contributed by atoms with Crippen LogP contribution in [-0.2, 0) is 0 Å². The van der Waals surface area contributed by atoms with Crippen molar-refractivity contribution in [3.63, 3.8) is 0 Å². The monoisotopic (exact) mass is 177 g/mol. The molecule has 0 amide bonds. The predicted molar refractivity (Wildman–Crippen MR) is 54.2 cm³/mol. The van der Waals surface area contributed by atoms with Crippen LogP contribution in [0.3, 0.4) is 0 Å². The minimum Gasteiger partial charge on any atom is -0.313 e. The van der Waals surface area contributed by atoms with Crippen molar-refractivity contribution >= 4 is 5.78 Å². The number of hydrogen-bond acceptors (Lipinski definition) is 2. The molecular weight excluding hydrogens is 162 g/mol. The highest BCUT2D eigenvalue weighted by Gasteiger charge is 2.06. The number of nitrogens with one attached hydrogen (secondary N) is 1. The molecule has 0 aliphatic carbocycles. The molecule has 1 N–H and O–H groups in total. The number of carbonyl (C=O) groups excluding carboxylic acids is 1. The van der Waals surface area contributed by atoms with Crippen LogP contribution in [0.15, 0.2) is 18.2 Å². The lowest BCUT2D eigenvalue weighted by Gasteiger charge is -2.04. The van der Waals surface area contributed by atoms with Crippen LogP contribution in [0, 0.1) is 13.8 Å². The topological polar surface area (TPSA) is 29.1 Å². The molecule has 0 unspecified atom stereocenters. The van der Waals surface area contributed by atoms with E-state index in [9.17, 15) is 4.79 Å². The first kappa shape index (κ1) is 9.93. The number of aryl methyl sites for hydroxylation is 2. The molecule has 2 nitrogen and oxygen atoms in total. The molecule has 0 heterocycles. The third-order valence-electron chi connectivity index (χ3n) is 2.02. The summed E-state index contributed by atoms with van der Waals surface area (Å²) >= 11 is 0. The van der Waals surface area contributed by atoms with Crippen molar-refractivity contribution in [2.75, 3.05) is 13.6 Å². The summed E-state index contributed by atoms with van der Waals surface area (Å²) in [5, 5.41) is 2.86. The molecule has 1 aromatic carbocycles. The van der Waals surface area contributed by atoms with E-state index in [1.807, 2.05) is 32.0 Å². The fourth-order valence-electron chi connectivity index (χ4n) is 1.38. The number of rotatable bonds is 3. The zero-order valence-corrected chi connectivity index (χ0v) is 8.35. The molecule has 0 saturated carbocycles. The lowest BCUT2D eigenvalue weighted by atomic mass is 10.0. The molecule has 0 atom stereocenters. The Morgan fingerprint density at radius 1 is 1.38 bits per heavy atom. The molecule has 0 saturated heterocycles. The molecule has 0 aliphatic rings. The summed E-state index contributed by atoms with van der Waals surface area (Å²) in [7, 11) is 1.78. The standard InChI is InChI=1S/C11H15NO/c1-8-4-5-10(9(2)6-8)11(13)7-12-3/h4-6,12H,7H2,1-3H3. The molecule has 0 fully saturated rings. The zero-order valence-electron chi connectivity index (χ0n) is 8.35. The van der Waals surface area contributed by atoms with Crippen molar-refractivity contribution in [1.29, 1.82) is 0 Å². The zero-order chi connectivity index (χ0) is 9.84. The molecule has 0 radical (unpaired) electrons. The van der Waals surface area contributed by atoms with Gasteiger partial charge in [-0.15, -0.1) is 0 Å². The number of benzene rings is 1. The van der Waals surface area contributed by atoms with Crippen LogP contribution in [0.1, 0.15) is 21.5 Å². The molecular formula is C11H15NO. The van der Waals surface area contributed by atoms with Crippen LogP contribution in [0.4, 0.5) is 0 Å². The van der Waals surface area contributed by atoms with Gasteiger partial charge in [-0.2, -0.15) is 0 Å². The molecule has 1 aromatic rings. The molecule has 1 rings (SSSR count). The Balaban J connectivity index is 2.95. The molecule has 0 aliphatic heterocycles. The van der Waals surface area contributed by atoms with Gasteiger partial charge in [-0.05, 0) is 26.5 Å². The summed E-state index contributed by atoms with van der Waals surface area (Å²) < 4.78 is 0. The molecule has 2 heteroatoms. The second-order valence-corrected chi connectivity index (χ2v) is 3.27. The van der Waals surface area contributed by atoms with Crippen LogP contribution in [0.25, 0.3) is 0 Å². The van der Waals surface area contributed by atoms with E-state index >= 15 is 0 Å². The highest BCUT2D eigenvalue weighted by molar-refractivity contribution is 5.98. The van der Waals surface area contributed by atoms with Crippen LogP contribution in [0.2, 0.25) is 0 Å². The van der Waals surface area contributed by atoms with Crippen molar-refractivity contribution in [2.45, 2.75) is 13.8 Å². The van der Waals surface area contributed by atoms with Gasteiger partial charge in [0.1, 0.15) is 0 Å². The smallest absolute Gasteiger partial charge is 0.176 e. The third kappa shape index (κ3) is 2.39. The van der Waals surface area contributed by atoms with Crippen molar-refractivity contribution in [1.82, 2.24) is 5.32 Å². The van der Waals surface area contributed by atoms with Gasteiger partial charge in [-0.25, -0.2) is 0 Å². The molecule has 0 aromatic heterocycles. The van der Waals surface area contributed by atoms with Crippen LogP contribution < -0.4 is 5.32 Å². The van der Waals surface area contributed by atoms with Crippen molar-refractivity contribution < 1.29 is 4.79 Å². The van der Waals surface area contributed by atoms with Gasteiger partial charge in [-0.1, -0.05) is 23.8 Å². The highest BCUT2D eigenvalue weighted by atomic mass is 16.1. The third-order valence-corrected chi connectivity index (χ3v) is 2.02. The van der Waals surface area contributed by atoms with Gasteiger partial charge in [0.05, 0.1) is 6.54 Å². The van der Waals surface area contributed by atoms with Gasteiger partial charge in [0.25, 0.3) is 0 Å². The fraction of sp³-hybridized carbons (Fsp3) is 0.364. The maximum absolute atomic E-state index is 11.5. The summed E-state index contributed by atoms with van der Waals surface area (Å²) in [5.41, 5.74) is 3.07. The molecule has 0 bridgehead atoms. The largest absolute Gasteiger partial charge is 0.313 e. The van der Waals surface area contributed by atoms with E-state index in [1.54, 1.807) is 7.05 Å². The number of ketones is 1. The van der Waals surface area contributed by atoms with Gasteiger partial charge >= 0.3 is 0 Å². The van der Waals surface area contributed by atoms with E-state index in [1.165, 1.54) is 5.56 Å². The summed E-state index contributed by atoms with van der Waals surface area (Å²) in [6, 6.07) is 5.89. The minimum absolute atomic E-state index is 0.153. The predicted octanol–water partition coefficient (Wildman–Crippen LogP) is 1.71. The summed E-state index contributed by atoms with van der Waals surface area (Å²) in [6.45, 7) is 4.40. The maximum atomic E-state index is 11.5. The van der Waals surface area contributed by atoms with E-state index < -0.39 is 0 Å². The second-order valence-electron chi connectivity index (χ2n) is 3.27. The number of carbonyl (C=O) groups is 1. The van der Waals surface area contributed by atoms with Gasteiger partial charge in [-0.3, -0.25) is 4.79 Å². The first-order valence-corrected chi connectivity index (χ1v) is 4.40. The fourth-order valence-corrected chi connectivity index (χ4v) is 1.38. The van der Waals surface area contributed by atoms with E-state index in [-0.39, 0.29) is 5.78 Å². The van der Waals surface area contributed by atoms with Gasteiger partial charge < -0.3 is 5.32 Å². The Kier molecular flexibility index (Phi) is 3.20. The molecule has 70 valence electrons. The number of likely N-dealkylation sites (N-methyl/N-ethyl adjacent to an activating group) is 1. The second kappa shape index (κ2) is 4.19. The Bertz CT molecular complexity index is 318. The van der Waals surface area contributed by atoms with Crippen molar-refractivity contribution in [3.05, 3.63) is 34.9 Å². The van der Waals surface area contributed by atoms with Crippen LogP contribution >= 0.6 is 0 Å². The number of Topliss-reactive ketones (excluding diaryl/α,β-unsaturated/α-hetero) is 1. The van der Waals surface area contributed by atoms with Gasteiger partial charge in [0.2, 0.25) is 0 Å². The number of hydrogen-bond donors (Lipinski definition) is 1. The summed E-state index contributed by atoms with van der Waals surface area (Å²) in [4.78, 5) is 11.5. The van der Waals surface area contributed by atoms with Gasteiger partial charge in [0, 0.05) is 5.56 Å². The van der Waals surface area contributed by atoms with Crippen LogP contribution in [-0.4, -0.2) is 19.4 Å². The first-order valence-electron chi connectivity index (χ1n) is 4.40. The Hall–Kier alpha value is -1.15. The minimum atomic E-state index is 0.153. The van der Waals surface area contributed by atoms with Crippen molar-refractivity contribution in [2.24, 2.45) is 0 Å². The van der Waals surface area contributed by atoms with E-state index in [0.717, 1.165) is 11.1 Å². The highest BCUT2D eigenvalue weighted by Crippen LogP contribution is 2.10. The summed E-state index contributed by atoms with van der Waals surface area (Å²) in [6.07, 6.45) is 0. The van der Waals surface area contributed by atoms with E-state index in [4.69, 9.17) is 0 Å². The van der Waals surface area contributed by atoms with E-state index in [0.29, 0.717) is 6.54 Å². The molecule has 0 spiro atoms. The average Bonchev–Trinajstić information content (AvgIpc) is 2.04. The Morgan fingerprint density at radius 2 is 2.08 bits per heavy atom. The Morgan fingerprint density at radius 3 is 2.62 bits per heavy atom. The molecule has 13 heavy (non-hydrogen) atoms. The van der Waals surface area contributed by atoms with E-state index in [2.05, 4.69) is 5.32 Å². The SMILES string of the molecule is CNCC(=O)c1ccc(C)cc1C. The summed E-state index contributed by atoms with van der Waals surface area (Å²) in [5.74, 6) is 0.153. The average molecular weight is 177 g/mol. The lowest BCUT2D eigenvalue weighted by molar-refractivity contribution is 0.0993. The Labute approximate surface area is 79.0 Å². The van der Waals surface area contributed by atoms with Crippen molar-refractivity contribution in [3.8, 4) is 0 Å². The quantitative estimate of drug-likeness (QED) is 0.712. The lowest BCUT2D eigenvalue weighted by Crippen LogP contribution is -2.19. The van der Waals surface area contributed by atoms with Gasteiger partial charge in [0.15, 0.2) is 5.78 Å². The van der Waals surface area contributed by atoms with Crippen LogP contribution in [0.5, 0.6) is 0 Å². The normalized spacial score (nSPS) is 10.1. The maximum Gasteiger partial charge on any atom is 0.176 e. The first-order chi connectivity index (χ1) is 6.15.